The molecule has 30 heavy (non-hydrogen) atoms. The number of fused-ring (bicyclic) bond motifs is 2. The Morgan fingerprint density at radius 3 is 2.33 bits per heavy atom. The molecule has 0 aliphatic heterocycles. The first-order chi connectivity index (χ1) is 14.5. The molecule has 0 fully saturated rings. The monoisotopic (exact) mass is 458 g/mol. The third kappa shape index (κ3) is 2.70. The van der Waals surface area contributed by atoms with Crippen molar-refractivity contribution in [2.75, 3.05) is 0 Å². The van der Waals surface area contributed by atoms with Gasteiger partial charge in [-0.05, 0) is 30.3 Å². The highest BCUT2D eigenvalue weighted by Gasteiger charge is 2.26. The van der Waals surface area contributed by atoms with Crippen LogP contribution in [0.1, 0.15) is 16.1 Å². The number of para-hydroxylation sites is 2. The van der Waals surface area contributed by atoms with Crippen LogP contribution >= 0.6 is 15.9 Å². The van der Waals surface area contributed by atoms with E-state index in [-0.39, 0.29) is 11.5 Å². The quantitative estimate of drug-likeness (QED) is 0.335. The molecule has 5 aromatic rings. The normalized spacial score (nSPS) is 11.4. The Labute approximate surface area is 182 Å². The van der Waals surface area contributed by atoms with Crippen LogP contribution in [0, 0.1) is 0 Å². The van der Waals surface area contributed by atoms with Crippen LogP contribution in [0.3, 0.4) is 0 Å². The minimum atomic E-state index is -0.0696. The van der Waals surface area contributed by atoms with Crippen molar-refractivity contribution in [2.45, 2.75) is 0 Å². The summed E-state index contributed by atoms with van der Waals surface area (Å²) in [6.07, 6.45) is 1.88. The minimum Gasteiger partial charge on any atom is -0.507 e. The van der Waals surface area contributed by atoms with Gasteiger partial charge in [-0.1, -0.05) is 52.3 Å². The van der Waals surface area contributed by atoms with Gasteiger partial charge in [-0.15, -0.1) is 0 Å². The molecule has 0 saturated heterocycles. The number of carbonyl (C=O) groups excluding carboxylic acids is 1. The van der Waals surface area contributed by atoms with Crippen LogP contribution in [-0.2, 0) is 14.1 Å². The number of phenolic OH excluding ortho intramolecular Hbond substituents is 1. The number of benzene rings is 3. The van der Waals surface area contributed by atoms with E-state index in [0.29, 0.717) is 16.8 Å². The van der Waals surface area contributed by atoms with Crippen molar-refractivity contribution in [3.63, 3.8) is 0 Å². The molecule has 0 radical (unpaired) electrons. The Kier molecular flexibility index (Phi) is 4.29. The van der Waals surface area contributed by atoms with Crippen LogP contribution in [0.2, 0.25) is 0 Å². The summed E-state index contributed by atoms with van der Waals surface area (Å²) in [5.41, 5.74) is 4.52. The topological polar surface area (TPSA) is 47.2 Å². The SMILES string of the molecule is Cn1cc(C(=O)c2c(-c3cc(Br)ccc3O)c3ccccc3n2C)c2ccccc21. The van der Waals surface area contributed by atoms with E-state index in [4.69, 9.17) is 0 Å². The highest BCUT2D eigenvalue weighted by molar-refractivity contribution is 9.10. The molecule has 0 aliphatic rings. The first-order valence-corrected chi connectivity index (χ1v) is 10.4. The smallest absolute Gasteiger partial charge is 0.212 e. The van der Waals surface area contributed by atoms with Gasteiger partial charge in [0.05, 0.1) is 5.69 Å². The average molecular weight is 459 g/mol. The molecule has 0 atom stereocenters. The highest BCUT2D eigenvalue weighted by Crippen LogP contribution is 2.41. The molecule has 5 heteroatoms. The van der Waals surface area contributed by atoms with E-state index in [1.807, 2.05) is 84.0 Å². The van der Waals surface area contributed by atoms with Gasteiger partial charge in [0.2, 0.25) is 5.78 Å². The van der Waals surface area contributed by atoms with Gasteiger partial charge in [0.1, 0.15) is 5.75 Å². The van der Waals surface area contributed by atoms with Gasteiger partial charge < -0.3 is 14.2 Å². The first kappa shape index (κ1) is 18.7. The van der Waals surface area contributed by atoms with E-state index >= 15 is 0 Å². The fraction of sp³-hybridized carbons (Fsp3) is 0.0800. The van der Waals surface area contributed by atoms with Crippen molar-refractivity contribution in [2.24, 2.45) is 14.1 Å². The molecule has 0 saturated carbocycles. The van der Waals surface area contributed by atoms with Gasteiger partial charge in [0, 0.05) is 63.3 Å². The summed E-state index contributed by atoms with van der Waals surface area (Å²) in [6.45, 7) is 0. The molecular formula is C25H19BrN2O2. The lowest BCUT2D eigenvalue weighted by Crippen LogP contribution is -2.08. The molecule has 148 valence electrons. The van der Waals surface area contributed by atoms with Crippen LogP contribution in [-0.4, -0.2) is 20.0 Å². The Morgan fingerprint density at radius 1 is 0.900 bits per heavy atom. The predicted molar refractivity (Wildman–Crippen MR) is 124 cm³/mol. The average Bonchev–Trinajstić information content (AvgIpc) is 3.25. The lowest BCUT2D eigenvalue weighted by Gasteiger charge is -2.09. The zero-order chi connectivity index (χ0) is 21.0. The maximum absolute atomic E-state index is 13.9. The van der Waals surface area contributed by atoms with Crippen LogP contribution in [0.25, 0.3) is 32.9 Å². The number of aryl methyl sites for hydroxylation is 2. The predicted octanol–water partition coefficient (Wildman–Crippen LogP) is 6.04. The first-order valence-electron chi connectivity index (χ1n) is 9.62. The van der Waals surface area contributed by atoms with Crippen LogP contribution in [0.4, 0.5) is 0 Å². The fourth-order valence-corrected chi connectivity index (χ4v) is 4.65. The van der Waals surface area contributed by atoms with Crippen LogP contribution in [0.5, 0.6) is 5.75 Å². The van der Waals surface area contributed by atoms with E-state index in [9.17, 15) is 9.90 Å². The lowest BCUT2D eigenvalue weighted by atomic mass is 9.96. The lowest BCUT2D eigenvalue weighted by molar-refractivity contribution is 0.103. The van der Waals surface area contributed by atoms with Gasteiger partial charge in [0.25, 0.3) is 0 Å². The number of ketones is 1. The molecule has 0 bridgehead atoms. The summed E-state index contributed by atoms with van der Waals surface area (Å²) in [6, 6.07) is 21.1. The molecule has 0 amide bonds. The Balaban J connectivity index is 1.86. The molecule has 2 aromatic heterocycles. The molecule has 2 heterocycles. The fourth-order valence-electron chi connectivity index (χ4n) is 4.29. The standard InChI is InChI=1S/C25H19BrN2O2/c1-27-14-19(16-7-3-5-9-20(16)27)25(30)24-23(18-13-15(26)11-12-22(18)29)17-8-4-6-10-21(17)28(24)2/h3-14,29H,1-2H3. The number of carbonyl (C=O) groups is 1. The third-order valence-electron chi connectivity index (χ3n) is 5.69. The van der Waals surface area contributed by atoms with Crippen molar-refractivity contribution < 1.29 is 9.90 Å². The number of rotatable bonds is 3. The van der Waals surface area contributed by atoms with Gasteiger partial charge in [-0.25, -0.2) is 0 Å². The number of nitrogens with zero attached hydrogens (tertiary/aromatic N) is 2. The molecule has 5 rings (SSSR count). The molecule has 0 unspecified atom stereocenters. The van der Waals surface area contributed by atoms with Crippen LogP contribution < -0.4 is 0 Å². The Hall–Kier alpha value is -3.31. The minimum absolute atomic E-state index is 0.0696. The third-order valence-corrected chi connectivity index (χ3v) is 6.18. The number of aromatic hydroxyl groups is 1. The molecule has 0 aliphatic carbocycles. The van der Waals surface area contributed by atoms with E-state index in [1.54, 1.807) is 12.1 Å². The largest absolute Gasteiger partial charge is 0.507 e. The summed E-state index contributed by atoms with van der Waals surface area (Å²) in [4.78, 5) is 13.9. The zero-order valence-corrected chi connectivity index (χ0v) is 18.1. The van der Waals surface area contributed by atoms with Gasteiger partial charge in [-0.2, -0.15) is 0 Å². The van der Waals surface area contributed by atoms with Gasteiger partial charge in [-0.3, -0.25) is 4.79 Å². The Morgan fingerprint density at radius 2 is 1.57 bits per heavy atom. The summed E-state index contributed by atoms with van der Waals surface area (Å²) in [7, 11) is 3.85. The maximum Gasteiger partial charge on any atom is 0.212 e. The second-order valence-electron chi connectivity index (χ2n) is 7.46. The van der Waals surface area contributed by atoms with Crippen molar-refractivity contribution in [3.05, 3.63) is 88.7 Å². The van der Waals surface area contributed by atoms with Crippen LogP contribution in [0.15, 0.2) is 77.4 Å². The molecule has 0 spiro atoms. The summed E-state index contributed by atoms with van der Waals surface area (Å²) >= 11 is 3.50. The van der Waals surface area contributed by atoms with Crippen molar-refractivity contribution in [1.29, 1.82) is 0 Å². The maximum atomic E-state index is 13.9. The second-order valence-corrected chi connectivity index (χ2v) is 8.38. The van der Waals surface area contributed by atoms with Crippen molar-refractivity contribution in [1.82, 2.24) is 9.13 Å². The summed E-state index contributed by atoms with van der Waals surface area (Å²) in [5.74, 6) is 0.0707. The molecule has 3 aromatic carbocycles. The zero-order valence-electron chi connectivity index (χ0n) is 16.6. The highest BCUT2D eigenvalue weighted by atomic mass is 79.9. The molecular weight excluding hydrogens is 440 g/mol. The summed E-state index contributed by atoms with van der Waals surface area (Å²) < 4.78 is 4.74. The van der Waals surface area contributed by atoms with Crippen molar-refractivity contribution in [3.8, 4) is 16.9 Å². The number of halogens is 1. The van der Waals surface area contributed by atoms with E-state index < -0.39 is 0 Å². The molecule has 1 N–H and O–H groups in total. The van der Waals surface area contributed by atoms with Crippen molar-refractivity contribution >= 4 is 43.5 Å². The second kappa shape index (κ2) is 6.89. The summed E-state index contributed by atoms with van der Waals surface area (Å²) in [5, 5.41) is 12.5. The number of phenols is 1. The van der Waals surface area contributed by atoms with E-state index in [1.165, 1.54) is 0 Å². The van der Waals surface area contributed by atoms with Gasteiger partial charge >= 0.3 is 0 Å². The number of hydrogen-bond acceptors (Lipinski definition) is 2. The number of aromatic nitrogens is 2. The van der Waals surface area contributed by atoms with E-state index in [0.717, 1.165) is 31.8 Å². The van der Waals surface area contributed by atoms with E-state index in [2.05, 4.69) is 15.9 Å². The Bertz CT molecular complexity index is 1460. The number of hydrogen-bond donors (Lipinski definition) is 1. The van der Waals surface area contributed by atoms with Gasteiger partial charge in [0.15, 0.2) is 0 Å². The molecule has 4 nitrogen and oxygen atoms in total.